The van der Waals surface area contributed by atoms with Gasteiger partial charge in [-0.2, -0.15) is 0 Å². The lowest BCUT2D eigenvalue weighted by molar-refractivity contribution is 0.629. The number of halogens is 2. The first kappa shape index (κ1) is 12.5. The Labute approximate surface area is 120 Å². The van der Waals surface area contributed by atoms with Crippen molar-refractivity contribution in [2.75, 3.05) is 17.2 Å². The van der Waals surface area contributed by atoms with Gasteiger partial charge in [-0.3, -0.25) is 0 Å². The van der Waals surface area contributed by atoms with E-state index in [1.54, 1.807) is 6.07 Å². The van der Waals surface area contributed by atoms with Crippen LogP contribution in [-0.4, -0.2) is 6.54 Å². The lowest BCUT2D eigenvalue weighted by Crippen LogP contribution is -2.05. The fourth-order valence-electron chi connectivity index (χ4n) is 2.41. The van der Waals surface area contributed by atoms with Gasteiger partial charge in [0.1, 0.15) is 5.82 Å². The lowest BCUT2D eigenvalue weighted by Gasteiger charge is -2.12. The van der Waals surface area contributed by atoms with Crippen molar-refractivity contribution < 1.29 is 4.39 Å². The van der Waals surface area contributed by atoms with Crippen LogP contribution >= 0.6 is 15.9 Å². The second-order valence-corrected chi connectivity index (χ2v) is 5.43. The maximum absolute atomic E-state index is 13.7. The Morgan fingerprint density at radius 3 is 2.89 bits per heavy atom. The Morgan fingerprint density at radius 1 is 1.21 bits per heavy atom. The summed E-state index contributed by atoms with van der Waals surface area (Å²) in [6.45, 7) is 1.59. The number of para-hydroxylation sites is 2. The van der Waals surface area contributed by atoms with Crippen LogP contribution in [0.2, 0.25) is 0 Å². The molecule has 0 unspecified atom stereocenters. The van der Waals surface area contributed by atoms with Crippen molar-refractivity contribution in [1.82, 2.24) is 0 Å². The molecule has 0 atom stereocenters. The molecule has 2 nitrogen and oxygen atoms in total. The molecule has 0 amide bonds. The minimum Gasteiger partial charge on any atom is -0.384 e. The average molecular weight is 321 g/mol. The summed E-state index contributed by atoms with van der Waals surface area (Å²) in [5.41, 5.74) is 4.22. The SMILES string of the molecule is Fc1cccc(Br)c1NCc1cccc2c1NCC2. The third-order valence-corrected chi connectivity index (χ3v) is 4.01. The molecule has 0 spiro atoms. The largest absolute Gasteiger partial charge is 0.384 e. The van der Waals surface area contributed by atoms with Gasteiger partial charge in [-0.25, -0.2) is 4.39 Å². The third kappa shape index (κ3) is 2.45. The molecule has 1 heterocycles. The smallest absolute Gasteiger partial charge is 0.147 e. The van der Waals surface area contributed by atoms with Crippen LogP contribution in [0.1, 0.15) is 11.1 Å². The highest BCUT2D eigenvalue weighted by molar-refractivity contribution is 9.10. The molecule has 0 aliphatic carbocycles. The molecule has 1 aliphatic rings. The Hall–Kier alpha value is -1.55. The van der Waals surface area contributed by atoms with E-state index >= 15 is 0 Å². The molecule has 0 saturated heterocycles. The molecule has 19 heavy (non-hydrogen) atoms. The van der Waals surface area contributed by atoms with Crippen molar-refractivity contribution >= 4 is 27.3 Å². The maximum atomic E-state index is 13.7. The molecule has 0 bridgehead atoms. The molecule has 2 N–H and O–H groups in total. The van der Waals surface area contributed by atoms with Gasteiger partial charge in [-0.1, -0.05) is 24.3 Å². The molecular weight excluding hydrogens is 307 g/mol. The molecule has 1 aliphatic heterocycles. The van der Waals surface area contributed by atoms with Crippen molar-refractivity contribution in [3.8, 4) is 0 Å². The van der Waals surface area contributed by atoms with Gasteiger partial charge in [0.15, 0.2) is 0 Å². The van der Waals surface area contributed by atoms with Gasteiger partial charge in [0, 0.05) is 23.2 Å². The third-order valence-electron chi connectivity index (χ3n) is 3.35. The molecule has 0 aromatic heterocycles. The van der Waals surface area contributed by atoms with E-state index in [0.29, 0.717) is 12.2 Å². The van der Waals surface area contributed by atoms with E-state index in [1.165, 1.54) is 22.9 Å². The monoisotopic (exact) mass is 320 g/mol. The Balaban J connectivity index is 1.82. The Kier molecular flexibility index (Phi) is 3.42. The number of anilines is 2. The maximum Gasteiger partial charge on any atom is 0.147 e. The van der Waals surface area contributed by atoms with Crippen molar-refractivity contribution in [1.29, 1.82) is 0 Å². The van der Waals surface area contributed by atoms with Crippen molar-refractivity contribution in [2.24, 2.45) is 0 Å². The lowest BCUT2D eigenvalue weighted by atomic mass is 10.1. The van der Waals surface area contributed by atoms with E-state index in [2.05, 4.69) is 44.8 Å². The van der Waals surface area contributed by atoms with Crippen LogP contribution in [0.15, 0.2) is 40.9 Å². The highest BCUT2D eigenvalue weighted by atomic mass is 79.9. The predicted octanol–water partition coefficient (Wildman–Crippen LogP) is 4.17. The number of benzene rings is 2. The van der Waals surface area contributed by atoms with Crippen LogP contribution in [-0.2, 0) is 13.0 Å². The van der Waals surface area contributed by atoms with Gasteiger partial charge in [-0.15, -0.1) is 0 Å². The van der Waals surface area contributed by atoms with Crippen LogP contribution < -0.4 is 10.6 Å². The number of hydrogen-bond donors (Lipinski definition) is 2. The van der Waals surface area contributed by atoms with Gasteiger partial charge >= 0.3 is 0 Å². The summed E-state index contributed by atoms with van der Waals surface area (Å²) in [7, 11) is 0. The molecular formula is C15H14BrFN2. The fraction of sp³-hybridized carbons (Fsp3) is 0.200. The van der Waals surface area contributed by atoms with Gasteiger partial charge in [-0.05, 0) is 45.6 Å². The van der Waals surface area contributed by atoms with E-state index in [4.69, 9.17) is 0 Å². The van der Waals surface area contributed by atoms with E-state index in [0.717, 1.165) is 17.4 Å². The molecule has 2 aromatic carbocycles. The number of fused-ring (bicyclic) bond motifs is 1. The van der Waals surface area contributed by atoms with E-state index in [9.17, 15) is 4.39 Å². The highest BCUT2D eigenvalue weighted by Gasteiger charge is 2.14. The van der Waals surface area contributed by atoms with Crippen molar-refractivity contribution in [2.45, 2.75) is 13.0 Å². The van der Waals surface area contributed by atoms with Crippen molar-refractivity contribution in [3.63, 3.8) is 0 Å². The van der Waals surface area contributed by atoms with E-state index in [-0.39, 0.29) is 5.82 Å². The zero-order valence-electron chi connectivity index (χ0n) is 10.3. The number of hydrogen-bond acceptors (Lipinski definition) is 2. The molecule has 0 fully saturated rings. The van der Waals surface area contributed by atoms with Gasteiger partial charge in [0.05, 0.1) is 5.69 Å². The summed E-state index contributed by atoms with van der Waals surface area (Å²) in [4.78, 5) is 0. The zero-order chi connectivity index (χ0) is 13.2. The standard InChI is InChI=1S/C15H14BrFN2/c16-12-5-2-6-13(17)15(12)19-9-11-4-1-3-10-7-8-18-14(10)11/h1-6,18-19H,7-9H2. The van der Waals surface area contributed by atoms with Gasteiger partial charge in [0.25, 0.3) is 0 Å². The van der Waals surface area contributed by atoms with Crippen LogP contribution in [0.25, 0.3) is 0 Å². The van der Waals surface area contributed by atoms with E-state index in [1.807, 2.05) is 6.07 Å². The summed E-state index contributed by atoms with van der Waals surface area (Å²) in [5.74, 6) is -0.241. The van der Waals surface area contributed by atoms with Gasteiger partial charge in [0.2, 0.25) is 0 Å². The summed E-state index contributed by atoms with van der Waals surface area (Å²) in [5, 5.41) is 6.55. The average Bonchev–Trinajstić information content (AvgIpc) is 2.87. The zero-order valence-corrected chi connectivity index (χ0v) is 11.9. The Morgan fingerprint density at radius 2 is 2.05 bits per heavy atom. The van der Waals surface area contributed by atoms with Crippen LogP contribution in [0.5, 0.6) is 0 Å². The normalized spacial score (nSPS) is 12.9. The summed E-state index contributed by atoms with van der Waals surface area (Å²) in [6, 6.07) is 11.2. The molecule has 0 radical (unpaired) electrons. The summed E-state index contributed by atoms with van der Waals surface area (Å²) < 4.78 is 14.5. The number of rotatable bonds is 3. The summed E-state index contributed by atoms with van der Waals surface area (Å²) in [6.07, 6.45) is 1.06. The van der Waals surface area contributed by atoms with Crippen LogP contribution in [0, 0.1) is 5.82 Å². The second-order valence-electron chi connectivity index (χ2n) is 4.58. The topological polar surface area (TPSA) is 24.1 Å². The predicted molar refractivity (Wildman–Crippen MR) is 80.1 cm³/mol. The Bertz CT molecular complexity index is 593. The minimum atomic E-state index is -0.241. The quantitative estimate of drug-likeness (QED) is 0.887. The van der Waals surface area contributed by atoms with E-state index < -0.39 is 0 Å². The first-order valence-electron chi connectivity index (χ1n) is 6.28. The molecule has 98 valence electrons. The first-order chi connectivity index (χ1) is 9.25. The highest BCUT2D eigenvalue weighted by Crippen LogP contribution is 2.29. The van der Waals surface area contributed by atoms with Crippen molar-refractivity contribution in [3.05, 3.63) is 57.8 Å². The molecule has 4 heteroatoms. The minimum absolute atomic E-state index is 0.241. The van der Waals surface area contributed by atoms with Crippen LogP contribution in [0.4, 0.5) is 15.8 Å². The second kappa shape index (κ2) is 5.21. The van der Waals surface area contributed by atoms with Gasteiger partial charge < -0.3 is 10.6 Å². The first-order valence-corrected chi connectivity index (χ1v) is 7.07. The fourth-order valence-corrected chi connectivity index (χ4v) is 2.89. The molecule has 0 saturated carbocycles. The summed E-state index contributed by atoms with van der Waals surface area (Å²) >= 11 is 3.36. The number of nitrogens with one attached hydrogen (secondary N) is 2. The van der Waals surface area contributed by atoms with Crippen LogP contribution in [0.3, 0.4) is 0 Å². The molecule has 2 aromatic rings. The molecule has 3 rings (SSSR count).